The first-order valence-corrected chi connectivity index (χ1v) is 12.3. The number of benzene rings is 1. The van der Waals surface area contributed by atoms with Crippen molar-refractivity contribution in [2.45, 2.75) is 51.7 Å². The zero-order valence-electron chi connectivity index (χ0n) is 18.9. The van der Waals surface area contributed by atoms with Gasteiger partial charge in [0.05, 0.1) is 6.26 Å². The van der Waals surface area contributed by atoms with Crippen molar-refractivity contribution in [1.82, 2.24) is 15.5 Å². The van der Waals surface area contributed by atoms with Crippen molar-refractivity contribution in [3.05, 3.63) is 29.8 Å². The number of likely N-dealkylation sites (tertiary alicyclic amines) is 1. The van der Waals surface area contributed by atoms with E-state index in [-0.39, 0.29) is 30.8 Å². The van der Waals surface area contributed by atoms with Crippen LogP contribution in [0.5, 0.6) is 0 Å². The Morgan fingerprint density at radius 2 is 1.69 bits per heavy atom. The van der Waals surface area contributed by atoms with Gasteiger partial charge in [-0.3, -0.25) is 14.3 Å². The molecule has 0 saturated carbocycles. The Hall–Kier alpha value is -2.82. The van der Waals surface area contributed by atoms with Gasteiger partial charge in [0.15, 0.2) is 0 Å². The summed E-state index contributed by atoms with van der Waals surface area (Å²) in [6.07, 6.45) is 1.95. The fourth-order valence-electron chi connectivity index (χ4n) is 3.19. The number of anilines is 1. The van der Waals surface area contributed by atoms with E-state index in [2.05, 4.69) is 15.4 Å². The van der Waals surface area contributed by atoms with Crippen molar-refractivity contribution < 1.29 is 27.5 Å². The van der Waals surface area contributed by atoms with E-state index in [1.807, 2.05) is 0 Å². The smallest absolute Gasteiger partial charge is 0.407 e. The number of amides is 3. The SMILES string of the molecule is CC(C)(C)OC(=O)NCCC(=O)N1CCC(NC(=O)c2ccc(NS(C)(=O)=O)cc2)CC1. The van der Waals surface area contributed by atoms with E-state index in [9.17, 15) is 22.8 Å². The predicted octanol–water partition coefficient (Wildman–Crippen LogP) is 1.69. The van der Waals surface area contributed by atoms with Crippen molar-refractivity contribution in [3.8, 4) is 0 Å². The molecule has 10 nitrogen and oxygen atoms in total. The highest BCUT2D eigenvalue weighted by molar-refractivity contribution is 7.92. The van der Waals surface area contributed by atoms with Gasteiger partial charge < -0.3 is 20.3 Å². The molecule has 0 radical (unpaired) electrons. The highest BCUT2D eigenvalue weighted by Gasteiger charge is 2.24. The first-order chi connectivity index (χ1) is 14.8. The van der Waals surface area contributed by atoms with Crippen LogP contribution in [0, 0.1) is 0 Å². The normalized spacial score (nSPS) is 15.1. The van der Waals surface area contributed by atoms with E-state index in [1.165, 1.54) is 12.1 Å². The summed E-state index contributed by atoms with van der Waals surface area (Å²) in [5.41, 5.74) is 0.225. The molecule has 1 fully saturated rings. The van der Waals surface area contributed by atoms with E-state index in [0.29, 0.717) is 37.2 Å². The number of hydrogen-bond acceptors (Lipinski definition) is 6. The number of carbonyl (C=O) groups is 3. The van der Waals surface area contributed by atoms with Gasteiger partial charge in [-0.1, -0.05) is 0 Å². The Labute approximate surface area is 189 Å². The number of rotatable bonds is 7. The standard InChI is InChI=1S/C21H32N4O6S/c1-21(2,3)31-20(28)22-12-9-18(26)25-13-10-16(11-14-25)23-19(27)15-5-7-17(8-6-15)24-32(4,29)30/h5-8,16,24H,9-14H2,1-4H3,(H,22,28)(H,23,27). The third kappa shape index (κ3) is 9.13. The second kappa shape index (κ2) is 10.7. The maximum atomic E-state index is 12.4. The molecule has 0 spiro atoms. The quantitative estimate of drug-likeness (QED) is 0.558. The van der Waals surface area contributed by atoms with Crippen molar-refractivity contribution >= 4 is 33.6 Å². The van der Waals surface area contributed by atoms with Gasteiger partial charge in [-0.25, -0.2) is 13.2 Å². The molecule has 32 heavy (non-hydrogen) atoms. The third-order valence-electron chi connectivity index (χ3n) is 4.64. The maximum absolute atomic E-state index is 12.4. The minimum Gasteiger partial charge on any atom is -0.444 e. The fraction of sp³-hybridized carbons (Fsp3) is 0.571. The van der Waals surface area contributed by atoms with Crippen molar-refractivity contribution in [2.75, 3.05) is 30.6 Å². The fourth-order valence-corrected chi connectivity index (χ4v) is 3.75. The van der Waals surface area contributed by atoms with Gasteiger partial charge in [-0.15, -0.1) is 0 Å². The van der Waals surface area contributed by atoms with E-state index >= 15 is 0 Å². The summed E-state index contributed by atoms with van der Waals surface area (Å²) in [6, 6.07) is 6.11. The lowest BCUT2D eigenvalue weighted by atomic mass is 10.0. The van der Waals surface area contributed by atoms with Crippen LogP contribution >= 0.6 is 0 Å². The first kappa shape index (κ1) is 25.4. The minimum atomic E-state index is -3.37. The molecule has 1 aliphatic heterocycles. The van der Waals surface area contributed by atoms with Crippen LogP contribution in [0.2, 0.25) is 0 Å². The Morgan fingerprint density at radius 1 is 1.09 bits per heavy atom. The summed E-state index contributed by atoms with van der Waals surface area (Å²) in [5.74, 6) is -0.304. The summed E-state index contributed by atoms with van der Waals surface area (Å²) in [5, 5.41) is 5.53. The largest absolute Gasteiger partial charge is 0.444 e. The Morgan fingerprint density at radius 3 is 2.22 bits per heavy atom. The second-order valence-corrected chi connectivity index (χ2v) is 10.5. The molecule has 1 saturated heterocycles. The van der Waals surface area contributed by atoms with Gasteiger partial charge in [0, 0.05) is 43.3 Å². The van der Waals surface area contributed by atoms with Crippen LogP contribution in [0.25, 0.3) is 0 Å². The number of carbonyl (C=O) groups excluding carboxylic acids is 3. The number of ether oxygens (including phenoxy) is 1. The molecule has 178 valence electrons. The molecule has 0 unspecified atom stereocenters. The monoisotopic (exact) mass is 468 g/mol. The number of alkyl carbamates (subject to hydrolysis) is 1. The summed E-state index contributed by atoms with van der Waals surface area (Å²) in [6.45, 7) is 6.55. The molecule has 1 aromatic rings. The van der Waals surface area contributed by atoms with Gasteiger partial charge in [0.1, 0.15) is 5.60 Å². The molecular weight excluding hydrogens is 436 g/mol. The molecular formula is C21H32N4O6S. The van der Waals surface area contributed by atoms with E-state index in [1.54, 1.807) is 37.8 Å². The number of nitrogens with one attached hydrogen (secondary N) is 3. The summed E-state index contributed by atoms with van der Waals surface area (Å²) in [7, 11) is -3.37. The molecule has 11 heteroatoms. The van der Waals surface area contributed by atoms with Crippen LogP contribution in [0.1, 0.15) is 50.4 Å². The number of sulfonamides is 1. The minimum absolute atomic E-state index is 0.0553. The molecule has 1 aromatic carbocycles. The number of nitrogens with zero attached hydrogens (tertiary/aromatic N) is 1. The molecule has 2 rings (SSSR count). The van der Waals surface area contributed by atoms with Gasteiger partial charge >= 0.3 is 6.09 Å². The van der Waals surface area contributed by atoms with Gasteiger partial charge in [0.25, 0.3) is 5.91 Å². The van der Waals surface area contributed by atoms with Crippen LogP contribution in [-0.2, 0) is 19.6 Å². The lowest BCUT2D eigenvalue weighted by Crippen LogP contribution is -2.47. The van der Waals surface area contributed by atoms with Gasteiger partial charge in [-0.2, -0.15) is 0 Å². The molecule has 0 bridgehead atoms. The lowest BCUT2D eigenvalue weighted by molar-refractivity contribution is -0.132. The Balaban J connectivity index is 1.72. The van der Waals surface area contributed by atoms with Crippen molar-refractivity contribution in [1.29, 1.82) is 0 Å². The zero-order chi connectivity index (χ0) is 23.9. The van der Waals surface area contributed by atoms with Crippen LogP contribution in [-0.4, -0.2) is 68.8 Å². The van der Waals surface area contributed by atoms with Crippen molar-refractivity contribution in [3.63, 3.8) is 0 Å². The summed E-state index contributed by atoms with van der Waals surface area (Å²) in [4.78, 5) is 38.1. The van der Waals surface area contributed by atoms with Gasteiger partial charge in [-0.05, 0) is 57.9 Å². The first-order valence-electron chi connectivity index (χ1n) is 10.5. The summed E-state index contributed by atoms with van der Waals surface area (Å²) >= 11 is 0. The van der Waals surface area contributed by atoms with Crippen LogP contribution < -0.4 is 15.4 Å². The third-order valence-corrected chi connectivity index (χ3v) is 5.25. The van der Waals surface area contributed by atoms with E-state index in [4.69, 9.17) is 4.74 Å². The number of hydrogen-bond donors (Lipinski definition) is 3. The molecule has 0 atom stereocenters. The molecule has 3 N–H and O–H groups in total. The molecule has 3 amide bonds. The van der Waals surface area contributed by atoms with Gasteiger partial charge in [0.2, 0.25) is 15.9 Å². The van der Waals surface area contributed by atoms with E-state index in [0.717, 1.165) is 6.26 Å². The lowest BCUT2D eigenvalue weighted by Gasteiger charge is -2.32. The second-order valence-electron chi connectivity index (χ2n) is 8.76. The zero-order valence-corrected chi connectivity index (χ0v) is 19.8. The average Bonchev–Trinajstić information content (AvgIpc) is 2.66. The highest BCUT2D eigenvalue weighted by atomic mass is 32.2. The van der Waals surface area contributed by atoms with Crippen LogP contribution in [0.3, 0.4) is 0 Å². The van der Waals surface area contributed by atoms with E-state index < -0.39 is 21.7 Å². The molecule has 0 aliphatic carbocycles. The Kier molecular flexibility index (Phi) is 8.48. The van der Waals surface area contributed by atoms with Crippen LogP contribution in [0.4, 0.5) is 10.5 Å². The van der Waals surface area contributed by atoms with Crippen LogP contribution in [0.15, 0.2) is 24.3 Å². The topological polar surface area (TPSA) is 134 Å². The average molecular weight is 469 g/mol. The Bertz CT molecular complexity index is 917. The van der Waals surface area contributed by atoms with Crippen molar-refractivity contribution in [2.24, 2.45) is 0 Å². The number of piperidine rings is 1. The molecule has 1 heterocycles. The molecule has 0 aromatic heterocycles. The maximum Gasteiger partial charge on any atom is 0.407 e. The highest BCUT2D eigenvalue weighted by Crippen LogP contribution is 2.14. The summed E-state index contributed by atoms with van der Waals surface area (Å²) < 4.78 is 30.0. The predicted molar refractivity (Wildman–Crippen MR) is 121 cm³/mol. The molecule has 1 aliphatic rings.